The van der Waals surface area contributed by atoms with Crippen LogP contribution in [0.5, 0.6) is 5.75 Å². The topological polar surface area (TPSA) is 55.4 Å². The maximum atomic E-state index is 14.5. The van der Waals surface area contributed by atoms with Gasteiger partial charge in [-0.25, -0.2) is 4.39 Å². The standard InChI is InChI=1S/C26H26FNO3/c27-23-13-12-21(16-6-8-17(9-7-16)24(29)18-10-11-18)25-22(23)14-20(31-25)15-28-26(30)19-4-2-1-3-5-19/h1-2,6-9,12-13,18-20H,3-5,10-11,14-15H2,(H,28,30)/t19-,20+/m1/s1. The first-order valence-corrected chi connectivity index (χ1v) is 11.2. The van der Waals surface area contributed by atoms with Gasteiger partial charge in [0.05, 0.1) is 6.54 Å². The Labute approximate surface area is 181 Å². The Kier molecular flexibility index (Phi) is 5.34. The van der Waals surface area contributed by atoms with E-state index in [0.717, 1.165) is 48.8 Å². The number of fused-ring (bicyclic) bond motifs is 1. The second kappa shape index (κ2) is 8.29. The van der Waals surface area contributed by atoms with Crippen LogP contribution in [0.3, 0.4) is 0 Å². The van der Waals surface area contributed by atoms with Crippen molar-refractivity contribution in [2.75, 3.05) is 6.54 Å². The van der Waals surface area contributed by atoms with E-state index < -0.39 is 0 Å². The van der Waals surface area contributed by atoms with E-state index in [-0.39, 0.29) is 35.4 Å². The molecule has 2 aromatic carbocycles. The van der Waals surface area contributed by atoms with Gasteiger partial charge >= 0.3 is 0 Å². The number of amides is 1. The van der Waals surface area contributed by atoms with Gasteiger partial charge in [0.25, 0.3) is 0 Å². The molecule has 2 aliphatic carbocycles. The molecule has 0 saturated heterocycles. The summed E-state index contributed by atoms with van der Waals surface area (Å²) < 4.78 is 20.6. The molecule has 0 bridgehead atoms. The van der Waals surface area contributed by atoms with Crippen molar-refractivity contribution in [1.29, 1.82) is 0 Å². The Bertz CT molecular complexity index is 1040. The van der Waals surface area contributed by atoms with Gasteiger partial charge in [0.1, 0.15) is 17.7 Å². The van der Waals surface area contributed by atoms with E-state index in [4.69, 9.17) is 4.74 Å². The number of Topliss-reactive ketones (excluding diaryl/α,β-unsaturated/α-hetero) is 1. The number of ketones is 1. The molecule has 0 unspecified atom stereocenters. The smallest absolute Gasteiger partial charge is 0.223 e. The monoisotopic (exact) mass is 419 g/mol. The average molecular weight is 419 g/mol. The largest absolute Gasteiger partial charge is 0.487 e. The minimum absolute atomic E-state index is 0.0120. The predicted octanol–water partition coefficient (Wildman–Crippen LogP) is 4.86. The highest BCUT2D eigenvalue weighted by Gasteiger charge is 2.31. The van der Waals surface area contributed by atoms with Crippen molar-refractivity contribution < 1.29 is 18.7 Å². The van der Waals surface area contributed by atoms with E-state index in [1.165, 1.54) is 6.07 Å². The fourth-order valence-corrected chi connectivity index (χ4v) is 4.49. The normalized spacial score (nSPS) is 22.0. The van der Waals surface area contributed by atoms with Crippen LogP contribution in [-0.2, 0) is 11.2 Å². The zero-order valence-corrected chi connectivity index (χ0v) is 17.4. The molecule has 5 heteroatoms. The summed E-state index contributed by atoms with van der Waals surface area (Å²) in [4.78, 5) is 24.7. The van der Waals surface area contributed by atoms with E-state index in [9.17, 15) is 14.0 Å². The lowest BCUT2D eigenvalue weighted by Crippen LogP contribution is -2.38. The third kappa shape index (κ3) is 4.14. The number of nitrogens with one attached hydrogen (secondary N) is 1. The van der Waals surface area contributed by atoms with E-state index in [0.29, 0.717) is 24.3 Å². The van der Waals surface area contributed by atoms with E-state index in [1.807, 2.05) is 24.3 Å². The Morgan fingerprint density at radius 1 is 1.00 bits per heavy atom. The van der Waals surface area contributed by atoms with Gasteiger partial charge in [0.2, 0.25) is 5.91 Å². The maximum Gasteiger partial charge on any atom is 0.223 e. The quantitative estimate of drug-likeness (QED) is 0.537. The second-order valence-corrected chi connectivity index (χ2v) is 8.79. The summed E-state index contributed by atoms with van der Waals surface area (Å²) in [6.45, 7) is 0.363. The van der Waals surface area contributed by atoms with Crippen molar-refractivity contribution >= 4 is 11.7 Å². The Balaban J connectivity index is 1.29. The lowest BCUT2D eigenvalue weighted by molar-refractivity contribution is -0.125. The molecule has 3 aliphatic rings. The Morgan fingerprint density at radius 3 is 2.52 bits per heavy atom. The lowest BCUT2D eigenvalue weighted by atomic mass is 9.93. The van der Waals surface area contributed by atoms with Crippen LogP contribution in [0.15, 0.2) is 48.6 Å². The summed E-state index contributed by atoms with van der Waals surface area (Å²) >= 11 is 0. The van der Waals surface area contributed by atoms with Gasteiger partial charge in [-0.2, -0.15) is 0 Å². The Morgan fingerprint density at radius 2 is 1.81 bits per heavy atom. The molecule has 5 rings (SSSR count). The molecule has 31 heavy (non-hydrogen) atoms. The maximum absolute atomic E-state index is 14.5. The second-order valence-electron chi connectivity index (χ2n) is 8.79. The molecule has 160 valence electrons. The molecule has 1 saturated carbocycles. The van der Waals surface area contributed by atoms with Crippen molar-refractivity contribution in [3.05, 3.63) is 65.5 Å². The van der Waals surface area contributed by atoms with E-state index in [1.54, 1.807) is 6.07 Å². The zero-order chi connectivity index (χ0) is 21.4. The van der Waals surface area contributed by atoms with Gasteiger partial charge in [-0.05, 0) is 49.8 Å². The molecule has 0 spiro atoms. The number of benzene rings is 2. The molecule has 1 amide bonds. The van der Waals surface area contributed by atoms with Crippen LogP contribution >= 0.6 is 0 Å². The van der Waals surface area contributed by atoms with Gasteiger partial charge in [0.15, 0.2) is 5.78 Å². The van der Waals surface area contributed by atoms with Crippen molar-refractivity contribution in [2.24, 2.45) is 11.8 Å². The number of hydrogen-bond donors (Lipinski definition) is 1. The van der Waals surface area contributed by atoms with Gasteiger partial charge in [-0.3, -0.25) is 9.59 Å². The summed E-state index contributed by atoms with van der Waals surface area (Å²) in [5.41, 5.74) is 2.98. The number of halogens is 1. The first kappa shape index (κ1) is 20.0. The highest BCUT2D eigenvalue weighted by Crippen LogP contribution is 2.40. The van der Waals surface area contributed by atoms with Crippen LogP contribution < -0.4 is 10.1 Å². The van der Waals surface area contributed by atoms with Crippen LogP contribution in [0, 0.1) is 17.7 Å². The van der Waals surface area contributed by atoms with E-state index in [2.05, 4.69) is 17.5 Å². The van der Waals surface area contributed by atoms with Gasteiger partial charge in [0, 0.05) is 34.9 Å². The van der Waals surface area contributed by atoms with Crippen LogP contribution in [0.4, 0.5) is 4.39 Å². The molecular formula is C26H26FNO3. The summed E-state index contributed by atoms with van der Waals surface area (Å²) in [5.74, 6) is 0.700. The molecular weight excluding hydrogens is 393 g/mol. The highest BCUT2D eigenvalue weighted by molar-refractivity contribution is 5.99. The summed E-state index contributed by atoms with van der Waals surface area (Å²) in [7, 11) is 0. The fraction of sp³-hybridized carbons (Fsp3) is 0.385. The first-order chi connectivity index (χ1) is 15.1. The van der Waals surface area contributed by atoms with Crippen molar-refractivity contribution in [3.63, 3.8) is 0 Å². The molecule has 2 atom stereocenters. The van der Waals surface area contributed by atoms with Gasteiger partial charge in [-0.1, -0.05) is 36.4 Å². The third-order valence-corrected chi connectivity index (χ3v) is 6.49. The van der Waals surface area contributed by atoms with Crippen LogP contribution in [0.2, 0.25) is 0 Å². The SMILES string of the molecule is O=C(c1ccc(-c2ccc(F)c3c2O[C@H](CNC(=O)[C@@H]2CC=CCC2)C3)cc1)C1CC1. The molecule has 1 fully saturated rings. The molecule has 1 aliphatic heterocycles. The average Bonchev–Trinajstić information content (AvgIpc) is 3.57. The van der Waals surface area contributed by atoms with Crippen LogP contribution in [-0.4, -0.2) is 24.3 Å². The number of carbonyl (C=O) groups is 2. The summed E-state index contributed by atoms with van der Waals surface area (Å²) in [6.07, 6.45) is 8.84. The van der Waals surface area contributed by atoms with Crippen molar-refractivity contribution in [1.82, 2.24) is 5.32 Å². The molecule has 1 N–H and O–H groups in total. The van der Waals surface area contributed by atoms with Crippen molar-refractivity contribution in [3.8, 4) is 16.9 Å². The molecule has 0 radical (unpaired) electrons. The molecule has 1 heterocycles. The molecule has 0 aromatic heterocycles. The van der Waals surface area contributed by atoms with Crippen LogP contribution in [0.1, 0.15) is 48.0 Å². The van der Waals surface area contributed by atoms with Crippen molar-refractivity contribution in [2.45, 2.75) is 44.6 Å². The fourth-order valence-electron chi connectivity index (χ4n) is 4.49. The Hall–Kier alpha value is -2.95. The summed E-state index contributed by atoms with van der Waals surface area (Å²) in [6, 6.07) is 10.7. The van der Waals surface area contributed by atoms with Gasteiger partial charge < -0.3 is 10.1 Å². The molecule has 2 aromatic rings. The number of ether oxygens (including phenoxy) is 1. The zero-order valence-electron chi connectivity index (χ0n) is 17.4. The minimum Gasteiger partial charge on any atom is -0.487 e. The molecule has 4 nitrogen and oxygen atoms in total. The number of rotatable bonds is 6. The number of hydrogen-bond acceptors (Lipinski definition) is 3. The summed E-state index contributed by atoms with van der Waals surface area (Å²) in [5, 5.41) is 2.99. The minimum atomic E-state index is -0.288. The first-order valence-electron chi connectivity index (χ1n) is 11.2. The number of allylic oxidation sites excluding steroid dienone is 2. The van der Waals surface area contributed by atoms with Crippen LogP contribution in [0.25, 0.3) is 11.1 Å². The van der Waals surface area contributed by atoms with Gasteiger partial charge in [-0.15, -0.1) is 0 Å². The predicted molar refractivity (Wildman–Crippen MR) is 117 cm³/mol. The highest BCUT2D eigenvalue weighted by atomic mass is 19.1. The third-order valence-electron chi connectivity index (χ3n) is 6.49. The number of carbonyl (C=O) groups excluding carboxylic acids is 2. The lowest BCUT2D eigenvalue weighted by Gasteiger charge is -2.19. The van der Waals surface area contributed by atoms with E-state index >= 15 is 0 Å².